The van der Waals surface area contributed by atoms with E-state index < -0.39 is 0 Å². The van der Waals surface area contributed by atoms with Gasteiger partial charge in [0.05, 0.1) is 0 Å². The molecule has 0 heterocycles. The second-order valence-electron chi connectivity index (χ2n) is 28.7. The summed E-state index contributed by atoms with van der Waals surface area (Å²) in [5.41, 5.74) is 35.0. The third-order valence-corrected chi connectivity index (χ3v) is 19.4. The molecule has 0 amide bonds. The predicted octanol–water partition coefficient (Wildman–Crippen LogP) is 24.3. The van der Waals surface area contributed by atoms with Gasteiger partial charge in [0, 0.05) is 10.8 Å². The third kappa shape index (κ3) is 8.90. The Bertz CT molecular complexity index is 3480. The van der Waals surface area contributed by atoms with Gasteiger partial charge in [-0.1, -0.05) is 207 Å². The molecule has 412 valence electrons. The maximum atomic E-state index is 2.70. The van der Waals surface area contributed by atoms with E-state index in [1.54, 1.807) is 0 Å². The lowest BCUT2D eigenvalue weighted by atomic mass is 9.58. The van der Waals surface area contributed by atoms with Crippen LogP contribution in [0.5, 0.6) is 0 Å². The molecule has 8 aromatic carbocycles. The molecule has 0 aromatic heterocycles. The summed E-state index contributed by atoms with van der Waals surface area (Å²) in [6.07, 6.45) is 0. The van der Waals surface area contributed by atoms with Crippen LogP contribution in [-0.4, -0.2) is 0 Å². The van der Waals surface area contributed by atoms with Crippen molar-refractivity contribution in [1.82, 2.24) is 0 Å². The number of hydrogen-bond donors (Lipinski definition) is 0. The van der Waals surface area contributed by atoms with Crippen LogP contribution in [0.3, 0.4) is 0 Å². The molecule has 0 N–H and O–H groups in total. The molecule has 0 saturated carbocycles. The molecular weight excluding hydrogens is 949 g/mol. The summed E-state index contributed by atoms with van der Waals surface area (Å²) in [7, 11) is 0. The number of hydrogen-bond acceptors (Lipinski definition) is 0. The van der Waals surface area contributed by atoms with Crippen LogP contribution in [0.2, 0.25) is 0 Å². The molecule has 0 aliphatic heterocycles. The maximum Gasteiger partial charge on any atom is 0.0159 e. The van der Waals surface area contributed by atoms with Crippen LogP contribution in [0.1, 0.15) is 289 Å². The van der Waals surface area contributed by atoms with Crippen molar-refractivity contribution in [3.05, 3.63) is 174 Å². The van der Waals surface area contributed by atoms with Gasteiger partial charge >= 0.3 is 0 Å². The highest BCUT2D eigenvalue weighted by molar-refractivity contribution is 6.27. The van der Waals surface area contributed by atoms with Gasteiger partial charge in [-0.2, -0.15) is 0 Å². The standard InChI is InChI=1S/C79H96/c1-40(2)51-28-57(43(7)8)70(58(29-51)44(9)10)54-34-63-73(69-49(19)26-25-27-50(69)20)64-35-55(71-59(45(11)12)30-52(41(3)4)31-60(71)46(13)14)37-66-75(64)77-74(63)65(36-54)78(21,22)67-38-56(39-68(76(67)77)79(66,23)24)72-61(47(15)16)32-53(42(5)6)33-62(72)48(17)18/h25-48H,1-24H3. The number of benzene rings is 8. The average Bonchev–Trinajstić information content (AvgIpc) is 3.15. The van der Waals surface area contributed by atoms with Crippen LogP contribution < -0.4 is 0 Å². The van der Waals surface area contributed by atoms with Crippen molar-refractivity contribution in [1.29, 1.82) is 0 Å². The Kier molecular flexibility index (Phi) is 14.4. The van der Waals surface area contributed by atoms with Crippen molar-refractivity contribution < 1.29 is 0 Å². The molecule has 0 saturated heterocycles. The van der Waals surface area contributed by atoms with E-state index in [2.05, 4.69) is 257 Å². The van der Waals surface area contributed by atoms with Crippen LogP contribution in [0.4, 0.5) is 0 Å². The second-order valence-corrected chi connectivity index (χ2v) is 28.7. The van der Waals surface area contributed by atoms with Gasteiger partial charge in [0.25, 0.3) is 0 Å². The minimum absolute atomic E-state index is 0.347. The molecule has 0 bridgehead atoms. The first-order valence-electron chi connectivity index (χ1n) is 30.9. The summed E-state index contributed by atoms with van der Waals surface area (Å²) in [5.74, 6) is 3.44. The fourth-order valence-corrected chi connectivity index (χ4v) is 14.7. The minimum atomic E-state index is -0.348. The molecule has 8 aromatic rings. The van der Waals surface area contributed by atoms with E-state index in [0.717, 1.165) is 0 Å². The summed E-state index contributed by atoms with van der Waals surface area (Å²) in [6.45, 7) is 58.2. The van der Waals surface area contributed by atoms with Crippen molar-refractivity contribution in [3.63, 3.8) is 0 Å². The summed E-state index contributed by atoms with van der Waals surface area (Å²) < 4.78 is 0. The van der Waals surface area contributed by atoms with E-state index in [-0.39, 0.29) is 10.8 Å². The zero-order valence-corrected chi connectivity index (χ0v) is 53.4. The number of aryl methyl sites for hydroxylation is 2. The summed E-state index contributed by atoms with van der Waals surface area (Å²) in [5, 5.41) is 5.66. The van der Waals surface area contributed by atoms with Crippen LogP contribution >= 0.6 is 0 Å². The van der Waals surface area contributed by atoms with E-state index in [0.29, 0.717) is 53.3 Å². The van der Waals surface area contributed by atoms with Crippen molar-refractivity contribution in [2.45, 2.75) is 230 Å². The molecule has 0 spiro atoms. The topological polar surface area (TPSA) is 0 Å². The molecule has 79 heavy (non-hydrogen) atoms. The quantitative estimate of drug-likeness (QED) is 0.101. The van der Waals surface area contributed by atoms with Crippen LogP contribution in [0, 0.1) is 13.8 Å². The molecule has 0 heteroatoms. The monoisotopic (exact) mass is 1040 g/mol. The fraction of sp³-hybridized carbons (Fsp3) is 0.443. The van der Waals surface area contributed by atoms with Gasteiger partial charge in [-0.05, 0) is 264 Å². The number of rotatable bonds is 13. The normalized spacial score (nSPS) is 14.5. The molecule has 0 fully saturated rings. The predicted molar refractivity (Wildman–Crippen MR) is 349 cm³/mol. The van der Waals surface area contributed by atoms with E-state index >= 15 is 0 Å². The minimum Gasteiger partial charge on any atom is -0.0617 e. The van der Waals surface area contributed by atoms with Crippen LogP contribution in [0.15, 0.2) is 91.0 Å². The molecular formula is C79H96. The van der Waals surface area contributed by atoms with Gasteiger partial charge in [0.15, 0.2) is 0 Å². The van der Waals surface area contributed by atoms with Crippen molar-refractivity contribution in [3.8, 4) is 55.6 Å². The molecule has 0 atom stereocenters. The Balaban J connectivity index is 1.51. The molecule has 10 rings (SSSR count). The molecule has 0 unspecified atom stereocenters. The molecule has 2 aliphatic rings. The first kappa shape index (κ1) is 56.6. The first-order valence-corrected chi connectivity index (χ1v) is 30.9. The smallest absolute Gasteiger partial charge is 0.0159 e. The Hall–Kier alpha value is -5.72. The van der Waals surface area contributed by atoms with Crippen LogP contribution in [0.25, 0.3) is 77.2 Å². The lowest BCUT2D eigenvalue weighted by molar-refractivity contribution is 0.619. The van der Waals surface area contributed by atoms with Gasteiger partial charge in [-0.25, -0.2) is 0 Å². The van der Waals surface area contributed by atoms with E-state index in [1.165, 1.54) is 161 Å². The van der Waals surface area contributed by atoms with Crippen molar-refractivity contribution in [2.24, 2.45) is 0 Å². The lowest BCUT2D eigenvalue weighted by Crippen LogP contribution is -2.31. The Morgan fingerprint density at radius 2 is 0.532 bits per heavy atom. The maximum absolute atomic E-state index is 2.70. The van der Waals surface area contributed by atoms with Crippen LogP contribution in [-0.2, 0) is 10.8 Å². The van der Waals surface area contributed by atoms with Crippen molar-refractivity contribution >= 4 is 21.5 Å². The second kappa shape index (κ2) is 20.1. The Morgan fingerprint density at radius 1 is 0.266 bits per heavy atom. The largest absolute Gasteiger partial charge is 0.0617 e. The Labute approximate surface area is 479 Å². The Morgan fingerprint density at radius 3 is 0.797 bits per heavy atom. The molecule has 0 radical (unpaired) electrons. The summed E-state index contributed by atoms with van der Waals surface area (Å²) in [4.78, 5) is 0. The third-order valence-electron chi connectivity index (χ3n) is 19.4. The van der Waals surface area contributed by atoms with Gasteiger partial charge in [0.1, 0.15) is 0 Å². The van der Waals surface area contributed by atoms with Gasteiger partial charge in [-0.3, -0.25) is 0 Å². The van der Waals surface area contributed by atoms with E-state index in [1.807, 2.05) is 0 Å². The van der Waals surface area contributed by atoms with Gasteiger partial charge < -0.3 is 0 Å². The van der Waals surface area contributed by atoms with E-state index in [4.69, 9.17) is 0 Å². The summed E-state index contributed by atoms with van der Waals surface area (Å²) >= 11 is 0. The molecule has 0 nitrogen and oxygen atoms in total. The fourth-order valence-electron chi connectivity index (χ4n) is 14.7. The highest BCUT2D eigenvalue weighted by Gasteiger charge is 2.45. The molecule has 2 aliphatic carbocycles. The van der Waals surface area contributed by atoms with Gasteiger partial charge in [0.2, 0.25) is 0 Å². The first-order chi connectivity index (χ1) is 37.0. The van der Waals surface area contributed by atoms with E-state index in [9.17, 15) is 0 Å². The highest BCUT2D eigenvalue weighted by Crippen LogP contribution is 2.63. The summed E-state index contributed by atoms with van der Waals surface area (Å²) in [6, 6.07) is 38.5. The highest BCUT2D eigenvalue weighted by atomic mass is 14.5. The van der Waals surface area contributed by atoms with Gasteiger partial charge in [-0.15, -0.1) is 0 Å². The zero-order valence-electron chi connectivity index (χ0n) is 53.4. The average molecular weight is 1050 g/mol. The van der Waals surface area contributed by atoms with Crippen molar-refractivity contribution in [2.75, 3.05) is 0 Å². The SMILES string of the molecule is Cc1cccc(C)c1-c1c2cc(-c3c(C(C)C)cc(C(C)C)cc3C(C)C)cc3c2c2c4c(cc(-c5c(C(C)C)cc(C(C)C)cc5C(C)C)cc14)C(C)(C)c1cc(-c4c(C(C)C)cc(C(C)C)cc4C(C)C)cc(c1-2)C3(C)C. The zero-order chi connectivity index (χ0) is 57.5. The lowest BCUT2D eigenvalue weighted by Gasteiger charge is -2.45.